The van der Waals surface area contributed by atoms with E-state index in [1.807, 2.05) is 0 Å². The second kappa shape index (κ2) is 13.9. The quantitative estimate of drug-likeness (QED) is 0.154. The van der Waals surface area contributed by atoms with Gasteiger partial charge in [-0.25, -0.2) is 10.2 Å². The molecule has 0 aliphatic rings. The first kappa shape index (κ1) is 24.9. The van der Waals surface area contributed by atoms with Gasteiger partial charge in [-0.3, -0.25) is 4.79 Å². The summed E-state index contributed by atoms with van der Waals surface area (Å²) in [5.41, 5.74) is 3.67. The van der Waals surface area contributed by atoms with E-state index in [2.05, 4.69) is 17.5 Å². The molecule has 1 amide bonds. The van der Waals surface area contributed by atoms with Crippen molar-refractivity contribution in [1.82, 2.24) is 5.43 Å². The highest BCUT2D eigenvalue weighted by Crippen LogP contribution is 2.28. The third-order valence-corrected chi connectivity index (χ3v) is 4.87. The van der Waals surface area contributed by atoms with Crippen LogP contribution in [0.2, 0.25) is 0 Å². The van der Waals surface area contributed by atoms with Gasteiger partial charge in [-0.2, -0.15) is 5.10 Å². The number of hydrogen-bond donors (Lipinski definition) is 1. The number of rotatable bonds is 13. The van der Waals surface area contributed by atoms with Gasteiger partial charge >= 0.3 is 5.97 Å². The molecule has 0 aliphatic heterocycles. The largest absolute Gasteiger partial charge is 0.493 e. The van der Waals surface area contributed by atoms with Crippen molar-refractivity contribution in [3.05, 3.63) is 53.6 Å². The number of methoxy groups -OCH3 is 2. The van der Waals surface area contributed by atoms with E-state index in [4.69, 9.17) is 14.2 Å². The number of amides is 1. The van der Waals surface area contributed by atoms with E-state index in [9.17, 15) is 9.59 Å². The summed E-state index contributed by atoms with van der Waals surface area (Å²) in [5.74, 6) is 0.791. The number of unbranched alkanes of at least 4 members (excludes halogenated alkanes) is 5. The van der Waals surface area contributed by atoms with Crippen LogP contribution in [0.4, 0.5) is 0 Å². The Hall–Kier alpha value is -3.35. The first-order valence-electron chi connectivity index (χ1n) is 10.9. The Morgan fingerprint density at radius 2 is 1.59 bits per heavy atom. The Balaban J connectivity index is 1.79. The van der Waals surface area contributed by atoms with Gasteiger partial charge in [-0.1, -0.05) is 39.0 Å². The smallest absolute Gasteiger partial charge is 0.343 e. The van der Waals surface area contributed by atoms with E-state index in [0.717, 1.165) is 18.4 Å². The minimum absolute atomic E-state index is 0.0859. The normalized spacial score (nSPS) is 10.7. The van der Waals surface area contributed by atoms with Gasteiger partial charge in [0.2, 0.25) is 5.91 Å². The van der Waals surface area contributed by atoms with Crippen LogP contribution in [0.3, 0.4) is 0 Å². The number of ether oxygens (including phenoxy) is 3. The summed E-state index contributed by atoms with van der Waals surface area (Å²) < 4.78 is 15.8. The molecule has 0 heterocycles. The highest BCUT2D eigenvalue weighted by Gasteiger charge is 2.13. The number of benzene rings is 2. The van der Waals surface area contributed by atoms with Crippen molar-refractivity contribution in [1.29, 1.82) is 0 Å². The number of nitrogens with zero attached hydrogens (tertiary/aromatic N) is 1. The summed E-state index contributed by atoms with van der Waals surface area (Å²) in [4.78, 5) is 24.2. The molecule has 7 heteroatoms. The molecule has 2 rings (SSSR count). The maximum Gasteiger partial charge on any atom is 0.343 e. The van der Waals surface area contributed by atoms with Crippen LogP contribution in [0.1, 0.15) is 67.8 Å². The minimum Gasteiger partial charge on any atom is -0.493 e. The van der Waals surface area contributed by atoms with Crippen molar-refractivity contribution in [3.8, 4) is 17.2 Å². The average Bonchev–Trinajstić information content (AvgIpc) is 2.81. The summed E-state index contributed by atoms with van der Waals surface area (Å²) >= 11 is 0. The van der Waals surface area contributed by atoms with Crippen molar-refractivity contribution >= 4 is 18.1 Å². The number of carbonyl (C=O) groups is 2. The molecule has 0 fully saturated rings. The first-order chi connectivity index (χ1) is 15.6. The number of nitrogens with one attached hydrogen (secondary N) is 1. The van der Waals surface area contributed by atoms with Crippen molar-refractivity contribution in [3.63, 3.8) is 0 Å². The number of hydrazone groups is 1. The minimum atomic E-state index is -0.505. The van der Waals surface area contributed by atoms with Crippen molar-refractivity contribution < 1.29 is 23.8 Å². The van der Waals surface area contributed by atoms with Crippen LogP contribution in [0.15, 0.2) is 47.6 Å². The Morgan fingerprint density at radius 3 is 2.28 bits per heavy atom. The van der Waals surface area contributed by atoms with Crippen molar-refractivity contribution in [2.75, 3.05) is 14.2 Å². The molecular formula is C25H32N2O5. The van der Waals surface area contributed by atoms with Gasteiger partial charge in [0, 0.05) is 6.42 Å². The maximum absolute atomic E-state index is 12.4. The van der Waals surface area contributed by atoms with E-state index < -0.39 is 5.97 Å². The predicted molar refractivity (Wildman–Crippen MR) is 125 cm³/mol. The highest BCUT2D eigenvalue weighted by molar-refractivity contribution is 5.92. The van der Waals surface area contributed by atoms with Gasteiger partial charge in [-0.15, -0.1) is 0 Å². The highest BCUT2D eigenvalue weighted by atomic mass is 16.5. The molecule has 172 valence electrons. The zero-order valence-electron chi connectivity index (χ0n) is 19.1. The third kappa shape index (κ3) is 8.41. The number of esters is 1. The van der Waals surface area contributed by atoms with Crippen LogP contribution in [-0.2, 0) is 4.79 Å². The van der Waals surface area contributed by atoms with Gasteiger partial charge < -0.3 is 14.2 Å². The van der Waals surface area contributed by atoms with Crippen LogP contribution < -0.4 is 19.6 Å². The molecule has 0 bridgehead atoms. The molecule has 0 saturated heterocycles. The van der Waals surface area contributed by atoms with Crippen LogP contribution in [0.25, 0.3) is 0 Å². The van der Waals surface area contributed by atoms with E-state index >= 15 is 0 Å². The summed E-state index contributed by atoms with van der Waals surface area (Å²) in [7, 11) is 3.03. The monoisotopic (exact) mass is 440 g/mol. The van der Waals surface area contributed by atoms with Gasteiger partial charge in [0.15, 0.2) is 11.5 Å². The topological polar surface area (TPSA) is 86.2 Å². The van der Waals surface area contributed by atoms with E-state index in [-0.39, 0.29) is 5.91 Å². The van der Waals surface area contributed by atoms with Crippen molar-refractivity contribution in [2.45, 2.75) is 51.9 Å². The average molecular weight is 441 g/mol. The van der Waals surface area contributed by atoms with E-state index in [1.165, 1.54) is 39.9 Å². The molecule has 2 aromatic carbocycles. The van der Waals surface area contributed by atoms with Crippen LogP contribution in [0, 0.1) is 0 Å². The van der Waals surface area contributed by atoms with Gasteiger partial charge in [0.25, 0.3) is 0 Å². The Labute approximate surface area is 189 Å². The first-order valence-corrected chi connectivity index (χ1v) is 10.9. The standard InChI is InChI=1S/C25H32N2O5/c1-4-5-6-7-8-9-10-24(28)27-26-18-19-11-14-21(15-12-19)32-25(29)20-13-16-22(30-2)23(17-20)31-3/h11-18H,4-10H2,1-3H3,(H,27,28)/b26-18+. The molecule has 7 nitrogen and oxygen atoms in total. The molecule has 0 aliphatic carbocycles. The van der Waals surface area contributed by atoms with Crippen LogP contribution in [0.5, 0.6) is 17.2 Å². The lowest BCUT2D eigenvalue weighted by Crippen LogP contribution is -2.16. The lowest BCUT2D eigenvalue weighted by Gasteiger charge is -2.09. The number of carbonyl (C=O) groups excluding carboxylic acids is 2. The molecule has 0 saturated carbocycles. The Bertz CT molecular complexity index is 894. The lowest BCUT2D eigenvalue weighted by atomic mass is 10.1. The van der Waals surface area contributed by atoms with E-state index in [1.54, 1.807) is 48.7 Å². The molecule has 0 aromatic heterocycles. The zero-order chi connectivity index (χ0) is 23.2. The molecule has 32 heavy (non-hydrogen) atoms. The summed E-state index contributed by atoms with van der Waals surface area (Å²) in [6.07, 6.45) is 8.86. The van der Waals surface area contributed by atoms with E-state index in [0.29, 0.717) is 29.2 Å². The predicted octanol–water partition coefficient (Wildman–Crippen LogP) is 5.12. The fourth-order valence-corrected chi connectivity index (χ4v) is 3.05. The lowest BCUT2D eigenvalue weighted by molar-refractivity contribution is -0.121. The molecule has 0 radical (unpaired) electrons. The second-order valence-corrected chi connectivity index (χ2v) is 7.34. The van der Waals surface area contributed by atoms with Crippen molar-refractivity contribution in [2.24, 2.45) is 5.10 Å². The van der Waals surface area contributed by atoms with Gasteiger partial charge in [-0.05, 0) is 54.4 Å². The maximum atomic E-state index is 12.4. The molecule has 1 N–H and O–H groups in total. The van der Waals surface area contributed by atoms with Gasteiger partial charge in [0.1, 0.15) is 5.75 Å². The Morgan fingerprint density at radius 1 is 0.906 bits per heavy atom. The fourth-order valence-electron chi connectivity index (χ4n) is 3.05. The molecule has 0 unspecified atom stereocenters. The molecule has 0 atom stereocenters. The van der Waals surface area contributed by atoms with Gasteiger partial charge in [0.05, 0.1) is 26.0 Å². The molecule has 0 spiro atoms. The fraction of sp³-hybridized carbons (Fsp3) is 0.400. The zero-order valence-corrected chi connectivity index (χ0v) is 19.1. The number of hydrogen-bond acceptors (Lipinski definition) is 6. The molecule has 2 aromatic rings. The SMILES string of the molecule is CCCCCCCCC(=O)N/N=C/c1ccc(OC(=O)c2ccc(OC)c(OC)c2)cc1. The summed E-state index contributed by atoms with van der Waals surface area (Å²) in [6.45, 7) is 2.19. The summed E-state index contributed by atoms with van der Waals surface area (Å²) in [6, 6.07) is 11.7. The third-order valence-electron chi connectivity index (χ3n) is 4.87. The summed E-state index contributed by atoms with van der Waals surface area (Å²) in [5, 5.41) is 3.99. The van der Waals surface area contributed by atoms with Crippen LogP contribution >= 0.6 is 0 Å². The van der Waals surface area contributed by atoms with Crippen LogP contribution in [-0.4, -0.2) is 32.3 Å². The Kier molecular flexibility index (Phi) is 10.8. The second-order valence-electron chi connectivity index (χ2n) is 7.34. The molecular weight excluding hydrogens is 408 g/mol.